The van der Waals surface area contributed by atoms with Crippen molar-refractivity contribution in [2.24, 2.45) is 0 Å². The molecular formula is C21H34N4O3S. The van der Waals surface area contributed by atoms with Gasteiger partial charge in [0.2, 0.25) is 5.91 Å². The summed E-state index contributed by atoms with van der Waals surface area (Å²) in [5.41, 5.74) is 5.43. The van der Waals surface area contributed by atoms with Crippen LogP contribution in [0.4, 0.5) is 11.5 Å². The number of H-pyrrole nitrogens is 1. The van der Waals surface area contributed by atoms with Gasteiger partial charge >= 0.3 is 5.69 Å². The molecule has 8 heteroatoms. The number of carbonyl (C=O) groups is 1. The van der Waals surface area contributed by atoms with Crippen LogP contribution in [-0.2, 0) is 11.3 Å². The maximum absolute atomic E-state index is 13.3. The zero-order chi connectivity index (χ0) is 20.8. The highest BCUT2D eigenvalue weighted by Crippen LogP contribution is 2.32. The Labute approximate surface area is 176 Å². The second-order valence-corrected chi connectivity index (χ2v) is 9.56. The molecule has 0 aromatic carbocycles. The fraction of sp³-hybridized carbons (Fsp3) is 0.762. The van der Waals surface area contributed by atoms with E-state index < -0.39 is 11.2 Å². The largest absolute Gasteiger partial charge is 0.383 e. The van der Waals surface area contributed by atoms with Crippen LogP contribution in [0.2, 0.25) is 0 Å². The molecule has 0 saturated heterocycles. The molecule has 0 atom stereocenters. The molecule has 2 aliphatic carbocycles. The lowest BCUT2D eigenvalue weighted by atomic mass is 10.0. The zero-order valence-corrected chi connectivity index (χ0v) is 18.3. The van der Waals surface area contributed by atoms with Gasteiger partial charge in [0.25, 0.3) is 5.56 Å². The molecule has 1 heterocycles. The van der Waals surface area contributed by atoms with Crippen LogP contribution in [0.3, 0.4) is 0 Å². The number of amides is 1. The molecule has 0 spiro atoms. The number of nitrogens with one attached hydrogen (secondary N) is 1. The molecule has 3 N–H and O–H groups in total. The number of nitrogens with two attached hydrogens (primary N) is 1. The Hall–Kier alpha value is -1.70. The number of aromatic amines is 1. The minimum Gasteiger partial charge on any atom is -0.383 e. The SMILES string of the molecule is CCCCn1c(N)c(N(C(=O)CSC2CCCCC2)C2CCCC2)c(=O)[nH]c1=O. The summed E-state index contributed by atoms with van der Waals surface area (Å²) in [6, 6.07) is -0.0185. The van der Waals surface area contributed by atoms with E-state index in [4.69, 9.17) is 5.73 Å². The Balaban J connectivity index is 1.89. The van der Waals surface area contributed by atoms with Crippen molar-refractivity contribution in [2.75, 3.05) is 16.4 Å². The van der Waals surface area contributed by atoms with Gasteiger partial charge in [-0.05, 0) is 32.1 Å². The molecule has 2 fully saturated rings. The number of hydrogen-bond donors (Lipinski definition) is 2. The zero-order valence-electron chi connectivity index (χ0n) is 17.5. The van der Waals surface area contributed by atoms with E-state index in [2.05, 4.69) is 4.98 Å². The van der Waals surface area contributed by atoms with E-state index in [1.165, 1.54) is 23.8 Å². The highest BCUT2D eigenvalue weighted by atomic mass is 32.2. The van der Waals surface area contributed by atoms with Crippen LogP contribution in [0.1, 0.15) is 77.6 Å². The van der Waals surface area contributed by atoms with Crippen LogP contribution >= 0.6 is 11.8 Å². The van der Waals surface area contributed by atoms with E-state index in [-0.39, 0.29) is 23.5 Å². The van der Waals surface area contributed by atoms with Crippen LogP contribution in [0.25, 0.3) is 0 Å². The van der Waals surface area contributed by atoms with Crippen molar-refractivity contribution in [1.29, 1.82) is 0 Å². The molecule has 29 heavy (non-hydrogen) atoms. The Morgan fingerprint density at radius 3 is 2.45 bits per heavy atom. The van der Waals surface area contributed by atoms with Gasteiger partial charge < -0.3 is 10.6 Å². The number of anilines is 2. The lowest BCUT2D eigenvalue weighted by molar-refractivity contribution is -0.116. The van der Waals surface area contributed by atoms with E-state index in [1.807, 2.05) is 6.92 Å². The van der Waals surface area contributed by atoms with E-state index in [1.54, 1.807) is 16.7 Å². The molecule has 1 aromatic rings. The molecule has 0 unspecified atom stereocenters. The minimum absolute atomic E-state index is 0.0185. The van der Waals surface area contributed by atoms with Crippen molar-refractivity contribution >= 4 is 29.2 Å². The second kappa shape index (κ2) is 10.4. The fourth-order valence-electron chi connectivity index (χ4n) is 4.51. The van der Waals surface area contributed by atoms with Gasteiger partial charge in [-0.1, -0.05) is 45.4 Å². The number of unbranched alkanes of at least 4 members (excludes halogenated alkanes) is 1. The smallest absolute Gasteiger partial charge is 0.330 e. The molecule has 1 aromatic heterocycles. The molecular weight excluding hydrogens is 388 g/mol. The monoisotopic (exact) mass is 422 g/mol. The number of nitrogen functional groups attached to an aromatic ring is 1. The summed E-state index contributed by atoms with van der Waals surface area (Å²) in [7, 11) is 0. The molecule has 1 amide bonds. The van der Waals surface area contributed by atoms with Crippen LogP contribution < -0.4 is 21.9 Å². The van der Waals surface area contributed by atoms with Gasteiger partial charge in [0.1, 0.15) is 5.82 Å². The molecule has 3 rings (SSSR count). The number of aromatic nitrogens is 2. The second-order valence-electron chi connectivity index (χ2n) is 8.27. The van der Waals surface area contributed by atoms with Gasteiger partial charge in [0.15, 0.2) is 5.69 Å². The highest BCUT2D eigenvalue weighted by Gasteiger charge is 2.32. The van der Waals surface area contributed by atoms with Crippen molar-refractivity contribution in [3.05, 3.63) is 20.8 Å². The summed E-state index contributed by atoms with van der Waals surface area (Å²) >= 11 is 1.71. The third-order valence-corrected chi connectivity index (χ3v) is 7.50. The van der Waals surface area contributed by atoms with Gasteiger partial charge in [-0.25, -0.2) is 4.79 Å². The first kappa shape index (κ1) is 22.0. The summed E-state index contributed by atoms with van der Waals surface area (Å²) in [4.78, 5) is 42.3. The van der Waals surface area contributed by atoms with Crippen molar-refractivity contribution in [1.82, 2.24) is 9.55 Å². The number of carbonyl (C=O) groups excluding carboxylic acids is 1. The van der Waals surface area contributed by atoms with Gasteiger partial charge in [-0.3, -0.25) is 19.1 Å². The van der Waals surface area contributed by atoms with Crippen LogP contribution in [0, 0.1) is 0 Å². The molecule has 2 aliphatic rings. The molecule has 7 nitrogen and oxygen atoms in total. The predicted molar refractivity (Wildman–Crippen MR) is 120 cm³/mol. The summed E-state index contributed by atoms with van der Waals surface area (Å²) in [5.74, 6) is 0.411. The van der Waals surface area contributed by atoms with E-state index in [0.717, 1.165) is 51.4 Å². The molecule has 0 bridgehead atoms. The molecule has 2 saturated carbocycles. The number of nitrogens with zero attached hydrogens (tertiary/aromatic N) is 2. The number of rotatable bonds is 8. The summed E-state index contributed by atoms with van der Waals surface area (Å²) in [6.07, 6.45) is 11.6. The van der Waals surface area contributed by atoms with Gasteiger partial charge in [0.05, 0.1) is 5.75 Å². The summed E-state index contributed by atoms with van der Waals surface area (Å²) in [5, 5.41) is 0.521. The van der Waals surface area contributed by atoms with Crippen molar-refractivity contribution in [3.8, 4) is 0 Å². The molecule has 162 valence electrons. The van der Waals surface area contributed by atoms with Crippen molar-refractivity contribution < 1.29 is 4.79 Å². The van der Waals surface area contributed by atoms with Gasteiger partial charge in [-0.2, -0.15) is 0 Å². The van der Waals surface area contributed by atoms with Crippen LogP contribution in [0.5, 0.6) is 0 Å². The average molecular weight is 423 g/mol. The van der Waals surface area contributed by atoms with Crippen molar-refractivity contribution in [2.45, 2.75) is 95.4 Å². The number of hydrogen-bond acceptors (Lipinski definition) is 5. The fourth-order valence-corrected chi connectivity index (χ4v) is 5.70. The lowest BCUT2D eigenvalue weighted by Crippen LogP contribution is -2.46. The van der Waals surface area contributed by atoms with E-state index >= 15 is 0 Å². The third kappa shape index (κ3) is 5.27. The Bertz CT molecular complexity index is 807. The Kier molecular flexibility index (Phi) is 7.86. The van der Waals surface area contributed by atoms with Gasteiger partial charge in [0, 0.05) is 17.8 Å². The first-order valence-electron chi connectivity index (χ1n) is 11.1. The lowest BCUT2D eigenvalue weighted by Gasteiger charge is -2.30. The third-order valence-electron chi connectivity index (χ3n) is 6.14. The standard InChI is InChI=1S/C21H34N4O3S/c1-2-3-13-24-19(22)18(20(27)23-21(24)28)25(15-9-7-8-10-15)17(26)14-29-16-11-5-4-6-12-16/h15-16H,2-14,22H2,1H3,(H,23,27,28). The minimum atomic E-state index is -0.553. The summed E-state index contributed by atoms with van der Waals surface area (Å²) in [6.45, 7) is 2.47. The van der Waals surface area contributed by atoms with E-state index in [9.17, 15) is 14.4 Å². The number of thioether (sulfide) groups is 1. The Morgan fingerprint density at radius 2 is 1.79 bits per heavy atom. The first-order valence-corrected chi connectivity index (χ1v) is 12.1. The normalized spacial score (nSPS) is 18.2. The van der Waals surface area contributed by atoms with Crippen LogP contribution in [-0.4, -0.2) is 32.5 Å². The topological polar surface area (TPSA) is 101 Å². The molecule has 0 aliphatic heterocycles. The molecule has 0 radical (unpaired) electrons. The predicted octanol–water partition coefficient (Wildman–Crippen LogP) is 3.26. The maximum atomic E-state index is 13.3. The Morgan fingerprint density at radius 1 is 1.14 bits per heavy atom. The van der Waals surface area contributed by atoms with Crippen LogP contribution in [0.15, 0.2) is 9.59 Å². The summed E-state index contributed by atoms with van der Waals surface area (Å²) < 4.78 is 1.41. The maximum Gasteiger partial charge on any atom is 0.330 e. The van der Waals surface area contributed by atoms with Gasteiger partial charge in [-0.15, -0.1) is 11.8 Å². The van der Waals surface area contributed by atoms with E-state index in [0.29, 0.717) is 17.5 Å². The highest BCUT2D eigenvalue weighted by molar-refractivity contribution is 8.00. The first-order chi connectivity index (χ1) is 14.0. The average Bonchev–Trinajstić information content (AvgIpc) is 3.24. The quantitative estimate of drug-likeness (QED) is 0.670. The van der Waals surface area contributed by atoms with Crippen molar-refractivity contribution in [3.63, 3.8) is 0 Å².